The highest BCUT2D eigenvalue weighted by atomic mass is 16.5. The summed E-state index contributed by atoms with van der Waals surface area (Å²) in [6, 6.07) is -0.604. The minimum atomic E-state index is -0.604. The van der Waals surface area contributed by atoms with E-state index >= 15 is 0 Å². The summed E-state index contributed by atoms with van der Waals surface area (Å²) < 4.78 is 6.04. The molecule has 6 heteroatoms. The maximum Gasteiger partial charge on any atom is 0.329 e. The molecule has 0 radical (unpaired) electrons. The molecule has 1 amide bonds. The third-order valence-corrected chi connectivity index (χ3v) is 11.0. The van der Waals surface area contributed by atoms with Crippen molar-refractivity contribution < 1.29 is 19.1 Å². The summed E-state index contributed by atoms with van der Waals surface area (Å²) in [5, 5.41) is 5.68. The molecule has 0 heterocycles. The van der Waals surface area contributed by atoms with Gasteiger partial charge in [0.1, 0.15) is 17.9 Å². The molecule has 0 saturated heterocycles. The zero-order valence-corrected chi connectivity index (χ0v) is 22.8. The number of fused-ring (bicyclic) bond motifs is 5. The molecule has 4 rings (SSSR count). The Hall–Kier alpha value is -1.43. The van der Waals surface area contributed by atoms with Gasteiger partial charge in [0.25, 0.3) is 0 Å². The molecular weight excluding hydrogens is 440 g/mol. The van der Waals surface area contributed by atoms with Gasteiger partial charge >= 0.3 is 5.97 Å². The third kappa shape index (κ3) is 4.81. The average molecular weight is 489 g/mol. The molecule has 0 spiro atoms. The molecule has 9 atom stereocenters. The first-order chi connectivity index (χ1) is 16.5. The Morgan fingerprint density at radius 2 is 1.63 bits per heavy atom. The van der Waals surface area contributed by atoms with Gasteiger partial charge in [-0.05, 0) is 112 Å². The van der Waals surface area contributed by atoms with Gasteiger partial charge in [-0.2, -0.15) is 0 Å². The van der Waals surface area contributed by atoms with Crippen LogP contribution in [0.4, 0.5) is 0 Å². The van der Waals surface area contributed by atoms with E-state index in [2.05, 4.69) is 24.5 Å². The second kappa shape index (κ2) is 10.1. The number of ketones is 1. The van der Waals surface area contributed by atoms with Crippen LogP contribution in [-0.2, 0) is 19.1 Å². The van der Waals surface area contributed by atoms with E-state index in [1.54, 1.807) is 14.0 Å². The molecule has 0 bridgehead atoms. The molecular formula is C29H48N2O4. The maximum absolute atomic E-state index is 13.0. The van der Waals surface area contributed by atoms with Gasteiger partial charge in [0, 0.05) is 5.92 Å². The molecule has 4 aliphatic carbocycles. The van der Waals surface area contributed by atoms with Crippen LogP contribution in [0.5, 0.6) is 0 Å². The molecule has 0 aromatic heterocycles. The van der Waals surface area contributed by atoms with Gasteiger partial charge in [-0.25, -0.2) is 4.79 Å². The molecule has 4 aliphatic rings. The number of hydrogen-bond acceptors (Lipinski definition) is 5. The zero-order chi connectivity index (χ0) is 25.5. The fourth-order valence-corrected chi connectivity index (χ4v) is 9.11. The van der Waals surface area contributed by atoms with E-state index in [0.29, 0.717) is 23.0 Å². The Balaban J connectivity index is 1.40. The van der Waals surface area contributed by atoms with E-state index in [0.717, 1.165) is 37.5 Å². The van der Waals surface area contributed by atoms with Crippen LogP contribution < -0.4 is 10.6 Å². The Morgan fingerprint density at radius 1 is 0.943 bits per heavy atom. The molecule has 6 nitrogen and oxygen atoms in total. The summed E-state index contributed by atoms with van der Waals surface area (Å²) >= 11 is 0. The van der Waals surface area contributed by atoms with Crippen LogP contribution in [0.2, 0.25) is 0 Å². The topological polar surface area (TPSA) is 84.5 Å². The van der Waals surface area contributed by atoms with Crippen LogP contribution in [0.1, 0.15) is 92.4 Å². The summed E-state index contributed by atoms with van der Waals surface area (Å²) in [4.78, 5) is 37.5. The van der Waals surface area contributed by atoms with Crippen LogP contribution >= 0.6 is 0 Å². The number of rotatable bonds is 7. The van der Waals surface area contributed by atoms with Crippen molar-refractivity contribution in [2.45, 2.75) is 105 Å². The lowest BCUT2D eigenvalue weighted by molar-refractivity contribution is -0.166. The standard InChI is InChI=1S/C29H48N2O4/c1-17(2)26(31-25(33)16-30-6)27(34)35-20-11-13-28(4)19(15-20)7-8-21-23-10-9-22(18(3)32)29(23,5)14-12-24(21)28/h17,19-24,26,30H,7-16H2,1-6H3,(H,31,33)/t19-,20+,21?,22+,23?,24?,26-,28-,29+/m0/s1. The summed E-state index contributed by atoms with van der Waals surface area (Å²) in [7, 11) is 1.72. The van der Waals surface area contributed by atoms with Crippen LogP contribution in [0.25, 0.3) is 0 Å². The molecule has 4 fully saturated rings. The normalized spacial score (nSPS) is 41.3. The van der Waals surface area contributed by atoms with Crippen molar-refractivity contribution >= 4 is 17.7 Å². The van der Waals surface area contributed by atoms with Crippen molar-refractivity contribution in [3.63, 3.8) is 0 Å². The highest BCUT2D eigenvalue weighted by molar-refractivity contribution is 5.85. The van der Waals surface area contributed by atoms with E-state index in [9.17, 15) is 14.4 Å². The third-order valence-electron chi connectivity index (χ3n) is 11.0. The molecule has 0 aromatic carbocycles. The van der Waals surface area contributed by atoms with E-state index < -0.39 is 6.04 Å². The number of hydrogen-bond donors (Lipinski definition) is 2. The molecule has 4 saturated carbocycles. The van der Waals surface area contributed by atoms with Crippen molar-refractivity contribution in [2.75, 3.05) is 13.6 Å². The maximum atomic E-state index is 13.0. The van der Waals surface area contributed by atoms with Gasteiger partial charge in [0.2, 0.25) is 5.91 Å². The Kier molecular flexibility index (Phi) is 7.72. The number of carbonyl (C=O) groups is 3. The van der Waals surface area contributed by atoms with E-state index in [1.165, 1.54) is 32.1 Å². The zero-order valence-electron chi connectivity index (χ0n) is 22.8. The Bertz CT molecular complexity index is 827. The number of Topliss-reactive ketones (excluding diaryl/α,β-unsaturated/α-hetero) is 1. The first-order valence-electron chi connectivity index (χ1n) is 14.2. The quantitative estimate of drug-likeness (QED) is 0.515. The van der Waals surface area contributed by atoms with E-state index in [-0.39, 0.29) is 41.8 Å². The lowest BCUT2D eigenvalue weighted by atomic mass is 9.44. The first-order valence-corrected chi connectivity index (χ1v) is 14.2. The van der Waals surface area contributed by atoms with Gasteiger partial charge in [-0.1, -0.05) is 27.7 Å². The highest BCUT2D eigenvalue weighted by Gasteiger charge is 2.61. The van der Waals surface area contributed by atoms with Gasteiger partial charge in [0.15, 0.2) is 0 Å². The fourth-order valence-electron chi connectivity index (χ4n) is 9.11. The number of esters is 1. The average Bonchev–Trinajstić information content (AvgIpc) is 3.15. The van der Waals surface area contributed by atoms with Crippen LogP contribution in [-0.4, -0.2) is 43.4 Å². The SMILES string of the molecule is CNCC(=O)N[C@H](C(=O)O[C@@H]1CC[C@]2(C)C3CC[C@@]4(C)C(CC[C@@H]4C(C)=O)C3CC[C@H]2C1)C(C)C. The van der Waals surface area contributed by atoms with Gasteiger partial charge in [-0.3, -0.25) is 9.59 Å². The van der Waals surface area contributed by atoms with Crippen molar-refractivity contribution in [3.8, 4) is 0 Å². The summed E-state index contributed by atoms with van der Waals surface area (Å²) in [6.45, 7) is 10.8. The second-order valence-corrected chi connectivity index (χ2v) is 13.1. The predicted molar refractivity (Wildman–Crippen MR) is 136 cm³/mol. The van der Waals surface area contributed by atoms with Crippen molar-refractivity contribution in [3.05, 3.63) is 0 Å². The summed E-state index contributed by atoms with van der Waals surface area (Å²) in [5.41, 5.74) is 0.506. The number of amides is 1. The molecule has 198 valence electrons. The fraction of sp³-hybridized carbons (Fsp3) is 0.897. The number of nitrogens with one attached hydrogen (secondary N) is 2. The number of carbonyl (C=O) groups excluding carboxylic acids is 3. The van der Waals surface area contributed by atoms with Crippen molar-refractivity contribution in [1.29, 1.82) is 0 Å². The lowest BCUT2D eigenvalue weighted by Gasteiger charge is -2.61. The molecule has 0 aliphatic heterocycles. The minimum Gasteiger partial charge on any atom is -0.461 e. The van der Waals surface area contributed by atoms with Crippen LogP contribution in [0, 0.1) is 46.3 Å². The van der Waals surface area contributed by atoms with E-state index in [1.807, 2.05) is 13.8 Å². The van der Waals surface area contributed by atoms with Gasteiger partial charge < -0.3 is 15.4 Å². The molecule has 35 heavy (non-hydrogen) atoms. The van der Waals surface area contributed by atoms with Crippen LogP contribution in [0.3, 0.4) is 0 Å². The van der Waals surface area contributed by atoms with Gasteiger partial charge in [-0.15, -0.1) is 0 Å². The number of likely N-dealkylation sites (N-methyl/N-ethyl adjacent to an activating group) is 1. The molecule has 2 N–H and O–H groups in total. The predicted octanol–water partition coefficient (Wildman–Crippen LogP) is 4.51. The monoisotopic (exact) mass is 488 g/mol. The molecule has 0 aromatic rings. The first kappa shape index (κ1) is 26.6. The molecule has 3 unspecified atom stereocenters. The lowest BCUT2D eigenvalue weighted by Crippen LogP contribution is -2.55. The summed E-state index contributed by atoms with van der Waals surface area (Å²) in [6.07, 6.45) is 10.1. The number of ether oxygens (including phenoxy) is 1. The summed E-state index contributed by atoms with van der Waals surface area (Å²) in [5.74, 6) is 2.92. The second-order valence-electron chi connectivity index (χ2n) is 13.1. The van der Waals surface area contributed by atoms with E-state index in [4.69, 9.17) is 4.74 Å². The van der Waals surface area contributed by atoms with Crippen molar-refractivity contribution in [2.24, 2.45) is 46.3 Å². The minimum absolute atomic E-state index is 0.0191. The van der Waals surface area contributed by atoms with Crippen molar-refractivity contribution in [1.82, 2.24) is 10.6 Å². The highest BCUT2D eigenvalue weighted by Crippen LogP contribution is 2.67. The van der Waals surface area contributed by atoms with Crippen LogP contribution in [0.15, 0.2) is 0 Å². The largest absolute Gasteiger partial charge is 0.461 e. The Labute approximate surface area is 212 Å². The Morgan fingerprint density at radius 3 is 2.29 bits per heavy atom. The smallest absolute Gasteiger partial charge is 0.329 e. The van der Waals surface area contributed by atoms with Gasteiger partial charge in [0.05, 0.1) is 6.54 Å².